The van der Waals surface area contributed by atoms with Crippen molar-refractivity contribution in [3.8, 4) is 11.5 Å². The van der Waals surface area contributed by atoms with Crippen molar-refractivity contribution < 1.29 is 19.6 Å². The number of ether oxygens (including phenoxy) is 2. The molecule has 140 valence electrons. The Hall–Kier alpha value is -2.53. The first-order valence-corrected chi connectivity index (χ1v) is 9.15. The summed E-state index contributed by atoms with van der Waals surface area (Å²) < 4.78 is 11.3. The molecule has 0 radical (unpaired) electrons. The minimum atomic E-state index is -0.215. The normalized spacial score (nSPS) is 12.9. The molecule has 2 atom stereocenters. The van der Waals surface area contributed by atoms with E-state index in [9.17, 15) is 4.79 Å². The van der Waals surface area contributed by atoms with Gasteiger partial charge < -0.3 is 20.1 Å². The predicted molar refractivity (Wildman–Crippen MR) is 104 cm³/mol. The quantitative estimate of drug-likeness (QED) is 0.725. The van der Waals surface area contributed by atoms with E-state index in [1.165, 1.54) is 0 Å². The molecule has 2 aromatic carbocycles. The maximum Gasteiger partial charge on any atom is 0.282 e. The number of rotatable bonds is 9. The molecule has 0 aliphatic heterocycles. The number of nitrogens with one attached hydrogen (secondary N) is 1. The monoisotopic (exact) mass is 357 g/mol. The van der Waals surface area contributed by atoms with Crippen LogP contribution in [0.15, 0.2) is 48.5 Å². The van der Waals surface area contributed by atoms with Gasteiger partial charge in [0.05, 0.1) is 13.2 Å². The fraction of sp³-hybridized carbons (Fsp3) is 0.381. The molecule has 5 nitrogen and oxygen atoms in total. The number of benzene rings is 2. The number of carbonyl (C=O) groups is 1. The van der Waals surface area contributed by atoms with E-state index in [1.54, 1.807) is 0 Å². The summed E-state index contributed by atoms with van der Waals surface area (Å²) in [4.78, 5) is 12.4. The van der Waals surface area contributed by atoms with Crippen molar-refractivity contribution in [2.75, 3.05) is 18.5 Å². The Morgan fingerprint density at radius 2 is 1.65 bits per heavy atom. The Morgan fingerprint density at radius 3 is 2.31 bits per heavy atom. The maximum atomic E-state index is 12.4. The zero-order valence-electron chi connectivity index (χ0n) is 16.0. The van der Waals surface area contributed by atoms with Crippen molar-refractivity contribution in [3.05, 3.63) is 54.1 Å². The van der Waals surface area contributed by atoms with Crippen LogP contribution in [0.5, 0.6) is 11.5 Å². The fourth-order valence-corrected chi connectivity index (χ4v) is 2.76. The van der Waals surface area contributed by atoms with Crippen molar-refractivity contribution in [1.29, 1.82) is 0 Å². The van der Waals surface area contributed by atoms with Crippen molar-refractivity contribution >= 4 is 11.6 Å². The van der Waals surface area contributed by atoms with E-state index in [0.717, 1.165) is 22.7 Å². The molecule has 1 amide bonds. The van der Waals surface area contributed by atoms with E-state index in [4.69, 9.17) is 9.47 Å². The third-order valence-electron chi connectivity index (χ3n) is 4.13. The van der Waals surface area contributed by atoms with Gasteiger partial charge in [0.25, 0.3) is 5.91 Å². The number of carbonyl (C=O) groups excluding carboxylic acids is 1. The number of anilines is 1. The van der Waals surface area contributed by atoms with Gasteiger partial charge in [-0.25, -0.2) is 0 Å². The first kappa shape index (κ1) is 19.8. The first-order valence-electron chi connectivity index (χ1n) is 9.15. The van der Waals surface area contributed by atoms with Gasteiger partial charge in [-0.1, -0.05) is 18.2 Å². The van der Waals surface area contributed by atoms with Gasteiger partial charge in [-0.05, 0) is 58.0 Å². The van der Waals surface area contributed by atoms with Crippen molar-refractivity contribution in [2.24, 2.45) is 0 Å². The lowest BCUT2D eigenvalue weighted by Crippen LogP contribution is -2.91. The minimum Gasteiger partial charge on any atom is -0.490 e. The molecule has 0 unspecified atom stereocenters. The summed E-state index contributed by atoms with van der Waals surface area (Å²) in [5.74, 6) is 1.48. The van der Waals surface area contributed by atoms with E-state index >= 15 is 0 Å². The summed E-state index contributed by atoms with van der Waals surface area (Å²) in [6.45, 7) is 9.07. The molecule has 0 heterocycles. The van der Waals surface area contributed by atoms with E-state index in [-0.39, 0.29) is 18.0 Å². The second-order valence-corrected chi connectivity index (χ2v) is 6.20. The molecule has 5 heteroatoms. The molecular formula is C21H29N2O3+. The van der Waals surface area contributed by atoms with Gasteiger partial charge in [0.15, 0.2) is 17.5 Å². The summed E-state index contributed by atoms with van der Waals surface area (Å²) in [6.07, 6.45) is 0. The van der Waals surface area contributed by atoms with Gasteiger partial charge in [-0.3, -0.25) is 4.79 Å². The molecule has 0 saturated carbocycles. The predicted octanol–water partition coefficient (Wildman–Crippen LogP) is 3.14. The Bertz CT molecular complexity index is 704. The molecule has 0 fully saturated rings. The van der Waals surface area contributed by atoms with Crippen LogP contribution >= 0.6 is 0 Å². The maximum absolute atomic E-state index is 12.4. The smallest absolute Gasteiger partial charge is 0.282 e. The number of para-hydroxylation sites is 1. The van der Waals surface area contributed by atoms with Gasteiger partial charge in [0, 0.05) is 11.3 Å². The fourth-order valence-electron chi connectivity index (χ4n) is 2.76. The Labute approximate surface area is 155 Å². The van der Waals surface area contributed by atoms with E-state index in [2.05, 4.69) is 12.2 Å². The molecule has 0 aliphatic carbocycles. The lowest BCUT2D eigenvalue weighted by Gasteiger charge is -2.18. The second kappa shape index (κ2) is 9.82. The van der Waals surface area contributed by atoms with Crippen LogP contribution in [0.2, 0.25) is 0 Å². The van der Waals surface area contributed by atoms with Gasteiger partial charge in [-0.2, -0.15) is 0 Å². The van der Waals surface area contributed by atoms with Crippen LogP contribution in [-0.4, -0.2) is 25.2 Å². The SMILES string of the molecule is CCOc1ccc([C@H](C)[NH2+][C@H](C)C(=O)Nc2ccccc2)cc1OCC. The molecule has 26 heavy (non-hydrogen) atoms. The molecule has 0 aliphatic rings. The third-order valence-corrected chi connectivity index (χ3v) is 4.13. The lowest BCUT2D eigenvalue weighted by molar-refractivity contribution is -0.709. The Morgan fingerprint density at radius 1 is 1.00 bits per heavy atom. The molecule has 0 aromatic heterocycles. The summed E-state index contributed by atoms with van der Waals surface area (Å²) in [5, 5.41) is 4.99. The number of nitrogens with two attached hydrogens (primary N) is 1. The molecular weight excluding hydrogens is 328 g/mol. The van der Waals surface area contributed by atoms with Crippen LogP contribution < -0.4 is 20.1 Å². The highest BCUT2D eigenvalue weighted by atomic mass is 16.5. The zero-order chi connectivity index (χ0) is 18.9. The largest absolute Gasteiger partial charge is 0.490 e. The number of hydrogen-bond donors (Lipinski definition) is 2. The summed E-state index contributed by atoms with van der Waals surface area (Å²) >= 11 is 0. The van der Waals surface area contributed by atoms with Gasteiger partial charge in [0.2, 0.25) is 0 Å². The van der Waals surface area contributed by atoms with Crippen molar-refractivity contribution in [1.82, 2.24) is 0 Å². The Kier molecular flexibility index (Phi) is 7.48. The van der Waals surface area contributed by atoms with Gasteiger partial charge in [-0.15, -0.1) is 0 Å². The number of quaternary nitrogens is 1. The lowest BCUT2D eigenvalue weighted by atomic mass is 10.1. The van der Waals surface area contributed by atoms with Crippen LogP contribution in [0.3, 0.4) is 0 Å². The number of amides is 1. The van der Waals surface area contributed by atoms with Gasteiger partial charge >= 0.3 is 0 Å². The summed E-state index contributed by atoms with van der Waals surface area (Å²) in [6, 6.07) is 15.4. The summed E-state index contributed by atoms with van der Waals surface area (Å²) in [5.41, 5.74) is 1.90. The molecule has 2 aromatic rings. The van der Waals surface area contributed by atoms with Crippen molar-refractivity contribution in [2.45, 2.75) is 39.8 Å². The number of hydrogen-bond acceptors (Lipinski definition) is 3. The topological polar surface area (TPSA) is 64.2 Å². The Balaban J connectivity index is 2.02. The zero-order valence-corrected chi connectivity index (χ0v) is 16.0. The highest BCUT2D eigenvalue weighted by Crippen LogP contribution is 2.30. The molecule has 3 N–H and O–H groups in total. The van der Waals surface area contributed by atoms with Crippen LogP contribution in [0.4, 0.5) is 5.69 Å². The first-order chi connectivity index (χ1) is 12.5. The van der Waals surface area contributed by atoms with Crippen LogP contribution in [0, 0.1) is 0 Å². The van der Waals surface area contributed by atoms with Crippen LogP contribution in [-0.2, 0) is 4.79 Å². The van der Waals surface area contributed by atoms with Crippen molar-refractivity contribution in [3.63, 3.8) is 0 Å². The average Bonchev–Trinajstić information content (AvgIpc) is 2.64. The van der Waals surface area contributed by atoms with E-state index < -0.39 is 0 Å². The molecule has 0 saturated heterocycles. The van der Waals surface area contributed by atoms with E-state index in [1.807, 2.05) is 74.6 Å². The molecule has 0 bridgehead atoms. The highest BCUT2D eigenvalue weighted by molar-refractivity contribution is 5.93. The standard InChI is InChI=1S/C21H28N2O3/c1-5-25-19-13-12-17(14-20(19)26-6-2)15(3)22-16(4)21(24)23-18-10-8-7-9-11-18/h7-16,22H,5-6H2,1-4H3,(H,23,24)/p+1/t15-,16+/m0/s1. The minimum absolute atomic E-state index is 0.0148. The van der Waals surface area contributed by atoms with Gasteiger partial charge in [0.1, 0.15) is 6.04 Å². The average molecular weight is 357 g/mol. The van der Waals surface area contributed by atoms with Crippen LogP contribution in [0.25, 0.3) is 0 Å². The molecule has 0 spiro atoms. The van der Waals surface area contributed by atoms with E-state index in [0.29, 0.717) is 13.2 Å². The summed E-state index contributed by atoms with van der Waals surface area (Å²) in [7, 11) is 0. The van der Waals surface area contributed by atoms with Crippen LogP contribution in [0.1, 0.15) is 39.3 Å². The second-order valence-electron chi connectivity index (χ2n) is 6.20. The third kappa shape index (κ3) is 5.49. The highest BCUT2D eigenvalue weighted by Gasteiger charge is 2.21. The molecule has 2 rings (SSSR count).